The third-order valence-corrected chi connectivity index (χ3v) is 8.17. The molecule has 7 nitrogen and oxygen atoms in total. The summed E-state index contributed by atoms with van der Waals surface area (Å²) in [4.78, 5) is 14.8. The first-order valence-corrected chi connectivity index (χ1v) is 11.5. The summed E-state index contributed by atoms with van der Waals surface area (Å²) in [5.74, 6) is 0.488. The molecule has 0 aliphatic carbocycles. The van der Waals surface area contributed by atoms with Crippen LogP contribution in [0.15, 0.2) is 29.2 Å². The summed E-state index contributed by atoms with van der Waals surface area (Å²) >= 11 is 0. The lowest BCUT2D eigenvalue weighted by Crippen LogP contribution is -2.53. The van der Waals surface area contributed by atoms with Crippen molar-refractivity contribution in [2.24, 2.45) is 5.41 Å². The first-order chi connectivity index (χ1) is 13.5. The van der Waals surface area contributed by atoms with Gasteiger partial charge >= 0.3 is 0 Å². The highest BCUT2D eigenvalue weighted by molar-refractivity contribution is 7.89. The van der Waals surface area contributed by atoms with Gasteiger partial charge in [-0.25, -0.2) is 8.42 Å². The SMILES string of the molecule is CCN1CC2(CCN(C(=O)[C@H]3CCCO3)CC2)COc2ccccc2S1(=O)=O. The van der Waals surface area contributed by atoms with E-state index in [0.717, 1.165) is 25.7 Å². The third kappa shape index (κ3) is 3.53. The Morgan fingerprint density at radius 2 is 2.00 bits per heavy atom. The van der Waals surface area contributed by atoms with Gasteiger partial charge in [0.25, 0.3) is 5.91 Å². The molecular formula is C20H28N2O5S. The van der Waals surface area contributed by atoms with Gasteiger partial charge in [0.1, 0.15) is 16.7 Å². The van der Waals surface area contributed by atoms with Crippen LogP contribution < -0.4 is 4.74 Å². The van der Waals surface area contributed by atoms with E-state index in [2.05, 4.69) is 0 Å². The van der Waals surface area contributed by atoms with Crippen LogP contribution in [-0.2, 0) is 19.6 Å². The number of para-hydroxylation sites is 1. The Morgan fingerprint density at radius 1 is 1.25 bits per heavy atom. The lowest BCUT2D eigenvalue weighted by Gasteiger charge is -2.45. The van der Waals surface area contributed by atoms with E-state index in [1.807, 2.05) is 11.8 Å². The molecule has 1 spiro atoms. The van der Waals surface area contributed by atoms with Crippen LogP contribution in [0.1, 0.15) is 32.6 Å². The minimum Gasteiger partial charge on any atom is -0.492 e. The lowest BCUT2D eigenvalue weighted by atomic mass is 9.78. The second-order valence-electron chi connectivity index (χ2n) is 7.99. The Hall–Kier alpha value is -1.64. The number of benzene rings is 1. The Bertz CT molecular complexity index is 827. The monoisotopic (exact) mass is 408 g/mol. The number of piperidine rings is 1. The van der Waals surface area contributed by atoms with Crippen molar-refractivity contribution in [3.63, 3.8) is 0 Å². The molecule has 0 bridgehead atoms. The van der Waals surface area contributed by atoms with Gasteiger partial charge in [0.2, 0.25) is 10.0 Å². The standard InChI is InChI=1S/C20H28N2O5S/c1-2-22-14-20(15-27-16-6-3-4-8-18(16)28(22,24)25)9-11-21(12-10-20)19(23)17-7-5-13-26-17/h3-4,6,8,17H,2,5,7,9-15H2,1H3/t17-/m1/s1. The van der Waals surface area contributed by atoms with Gasteiger partial charge in [0, 0.05) is 38.2 Å². The van der Waals surface area contributed by atoms with Crippen molar-refractivity contribution < 1.29 is 22.7 Å². The highest BCUT2D eigenvalue weighted by Gasteiger charge is 2.43. The van der Waals surface area contributed by atoms with E-state index in [1.165, 1.54) is 0 Å². The zero-order valence-electron chi connectivity index (χ0n) is 16.3. The van der Waals surface area contributed by atoms with Crippen LogP contribution in [-0.4, -0.2) is 69.0 Å². The Labute approximate surface area is 166 Å². The van der Waals surface area contributed by atoms with E-state index >= 15 is 0 Å². The average Bonchev–Trinajstić information content (AvgIpc) is 3.25. The molecule has 28 heavy (non-hydrogen) atoms. The third-order valence-electron chi connectivity index (χ3n) is 6.21. The summed E-state index contributed by atoms with van der Waals surface area (Å²) in [6.45, 7) is 5.04. The summed E-state index contributed by atoms with van der Waals surface area (Å²) in [5.41, 5.74) is -0.288. The molecule has 2 fully saturated rings. The van der Waals surface area contributed by atoms with Gasteiger partial charge < -0.3 is 14.4 Å². The maximum atomic E-state index is 13.1. The number of hydrogen-bond acceptors (Lipinski definition) is 5. The number of nitrogens with zero attached hydrogens (tertiary/aromatic N) is 2. The van der Waals surface area contributed by atoms with Gasteiger partial charge in [0.15, 0.2) is 0 Å². The predicted molar refractivity (Wildman–Crippen MR) is 104 cm³/mol. The fraction of sp³-hybridized carbons (Fsp3) is 0.650. The van der Waals surface area contributed by atoms with E-state index < -0.39 is 10.0 Å². The number of rotatable bonds is 2. The highest BCUT2D eigenvalue weighted by atomic mass is 32.2. The first kappa shape index (κ1) is 19.7. The number of likely N-dealkylation sites (tertiary alicyclic amines) is 1. The Kier molecular flexibility index (Phi) is 5.37. The smallest absolute Gasteiger partial charge is 0.251 e. The number of fused-ring (bicyclic) bond motifs is 1. The molecule has 0 N–H and O–H groups in total. The van der Waals surface area contributed by atoms with Gasteiger partial charge in [-0.05, 0) is 37.8 Å². The fourth-order valence-electron chi connectivity index (χ4n) is 4.42. The average molecular weight is 409 g/mol. The van der Waals surface area contributed by atoms with Crippen molar-refractivity contribution >= 4 is 15.9 Å². The molecule has 1 aromatic carbocycles. The largest absolute Gasteiger partial charge is 0.492 e. The first-order valence-electron chi connectivity index (χ1n) is 10.1. The number of carbonyl (C=O) groups is 1. The van der Waals surface area contributed by atoms with Crippen molar-refractivity contribution in [1.82, 2.24) is 9.21 Å². The van der Waals surface area contributed by atoms with Crippen molar-refractivity contribution in [3.05, 3.63) is 24.3 Å². The highest BCUT2D eigenvalue weighted by Crippen LogP contribution is 2.39. The molecule has 1 aromatic rings. The van der Waals surface area contributed by atoms with Crippen molar-refractivity contribution in [3.8, 4) is 5.75 Å². The number of carbonyl (C=O) groups excluding carboxylic acids is 1. The summed E-state index contributed by atoms with van der Waals surface area (Å²) in [7, 11) is -3.60. The number of hydrogen-bond donors (Lipinski definition) is 0. The lowest BCUT2D eigenvalue weighted by molar-refractivity contribution is -0.143. The summed E-state index contributed by atoms with van der Waals surface area (Å²) < 4.78 is 39.4. The zero-order valence-corrected chi connectivity index (χ0v) is 17.1. The zero-order chi connectivity index (χ0) is 19.8. The second-order valence-corrected chi connectivity index (χ2v) is 9.90. The van der Waals surface area contributed by atoms with Crippen molar-refractivity contribution in [2.75, 3.05) is 39.4 Å². The molecule has 1 atom stereocenters. The van der Waals surface area contributed by atoms with Crippen LogP contribution in [0.2, 0.25) is 0 Å². The molecule has 2 saturated heterocycles. The quantitative estimate of drug-likeness (QED) is 0.747. The Morgan fingerprint density at radius 3 is 2.68 bits per heavy atom. The normalized spacial score (nSPS) is 26.9. The molecule has 3 heterocycles. The molecular weight excluding hydrogens is 380 g/mol. The van der Waals surface area contributed by atoms with E-state index in [-0.39, 0.29) is 22.3 Å². The summed E-state index contributed by atoms with van der Waals surface area (Å²) in [6, 6.07) is 6.84. The van der Waals surface area contributed by atoms with Gasteiger partial charge in [0.05, 0.1) is 6.61 Å². The molecule has 1 amide bonds. The maximum absolute atomic E-state index is 13.1. The summed E-state index contributed by atoms with van der Waals surface area (Å²) in [5, 5.41) is 0. The minimum absolute atomic E-state index is 0.0735. The second kappa shape index (κ2) is 7.65. The maximum Gasteiger partial charge on any atom is 0.251 e. The van der Waals surface area contributed by atoms with Crippen LogP contribution in [0.3, 0.4) is 0 Å². The van der Waals surface area contributed by atoms with E-state index in [9.17, 15) is 13.2 Å². The van der Waals surface area contributed by atoms with Crippen LogP contribution in [0.5, 0.6) is 5.75 Å². The topological polar surface area (TPSA) is 76.2 Å². The fourth-order valence-corrected chi connectivity index (χ4v) is 6.11. The van der Waals surface area contributed by atoms with Crippen LogP contribution in [0, 0.1) is 5.41 Å². The molecule has 0 radical (unpaired) electrons. The Balaban J connectivity index is 1.54. The minimum atomic E-state index is -3.60. The number of sulfonamides is 1. The molecule has 154 valence electrons. The molecule has 0 aromatic heterocycles. The van der Waals surface area contributed by atoms with Gasteiger partial charge in [-0.3, -0.25) is 4.79 Å². The van der Waals surface area contributed by atoms with Gasteiger partial charge in [-0.2, -0.15) is 4.31 Å². The van der Waals surface area contributed by atoms with Gasteiger partial charge in [-0.1, -0.05) is 19.1 Å². The number of ether oxygens (including phenoxy) is 2. The van der Waals surface area contributed by atoms with Crippen molar-refractivity contribution in [1.29, 1.82) is 0 Å². The molecule has 3 aliphatic rings. The molecule has 0 saturated carbocycles. The van der Waals surface area contributed by atoms with Crippen molar-refractivity contribution in [2.45, 2.75) is 43.6 Å². The van der Waals surface area contributed by atoms with Crippen LogP contribution >= 0.6 is 0 Å². The van der Waals surface area contributed by atoms with Crippen LogP contribution in [0.4, 0.5) is 0 Å². The number of amides is 1. The van der Waals surface area contributed by atoms with E-state index in [0.29, 0.717) is 45.1 Å². The van der Waals surface area contributed by atoms with E-state index in [4.69, 9.17) is 9.47 Å². The predicted octanol–water partition coefficient (Wildman–Crippen LogP) is 1.88. The van der Waals surface area contributed by atoms with E-state index in [1.54, 1.807) is 28.6 Å². The van der Waals surface area contributed by atoms with Gasteiger partial charge in [-0.15, -0.1) is 0 Å². The molecule has 4 rings (SSSR count). The molecule has 0 unspecified atom stereocenters. The molecule has 8 heteroatoms. The summed E-state index contributed by atoms with van der Waals surface area (Å²) in [6.07, 6.45) is 2.87. The molecule has 3 aliphatic heterocycles. The van der Waals surface area contributed by atoms with Crippen LogP contribution in [0.25, 0.3) is 0 Å².